The molecule has 0 fully saturated rings. The van der Waals surface area contributed by atoms with E-state index in [9.17, 15) is 14.0 Å². The maximum Gasteiger partial charge on any atom is 0.321 e. The maximum absolute atomic E-state index is 13.3. The molecule has 2 aromatic rings. The molecule has 10 heteroatoms. The van der Waals surface area contributed by atoms with E-state index in [0.29, 0.717) is 16.7 Å². The van der Waals surface area contributed by atoms with E-state index in [0.717, 1.165) is 4.90 Å². The lowest BCUT2D eigenvalue weighted by Crippen LogP contribution is -3.05. The minimum absolute atomic E-state index is 0.0203. The zero-order valence-electron chi connectivity index (χ0n) is 15.9. The summed E-state index contributed by atoms with van der Waals surface area (Å²) in [6.07, 6.45) is 0. The van der Waals surface area contributed by atoms with Crippen LogP contribution in [0.2, 0.25) is 0 Å². The summed E-state index contributed by atoms with van der Waals surface area (Å²) < 4.78 is 15.2. The maximum atomic E-state index is 13.3. The van der Waals surface area contributed by atoms with Crippen molar-refractivity contribution in [2.45, 2.75) is 30.3 Å². The van der Waals surface area contributed by atoms with Gasteiger partial charge in [0.25, 0.3) is 0 Å². The summed E-state index contributed by atoms with van der Waals surface area (Å²) in [5.74, 6) is -0.0870. The molecule has 0 spiro atoms. The van der Waals surface area contributed by atoms with Gasteiger partial charge in [-0.2, -0.15) is 0 Å². The van der Waals surface area contributed by atoms with Gasteiger partial charge in [-0.15, -0.1) is 10.2 Å². The Labute approximate surface area is 161 Å². The number of halogens is 1. The fourth-order valence-electron chi connectivity index (χ4n) is 2.22. The number of imide groups is 1. The van der Waals surface area contributed by atoms with E-state index in [1.54, 1.807) is 19.1 Å². The van der Waals surface area contributed by atoms with Gasteiger partial charge >= 0.3 is 6.03 Å². The summed E-state index contributed by atoms with van der Waals surface area (Å²) >= 11 is 1.17. The Balaban J connectivity index is 2.37. The lowest BCUT2D eigenvalue weighted by Gasteiger charge is -2.18. The van der Waals surface area contributed by atoms with Crippen molar-refractivity contribution in [3.63, 3.8) is 0 Å². The van der Waals surface area contributed by atoms with Crippen molar-refractivity contribution < 1.29 is 18.9 Å². The first-order valence-electron chi connectivity index (χ1n) is 8.45. The van der Waals surface area contributed by atoms with Crippen LogP contribution in [0.4, 0.5) is 9.18 Å². The molecule has 0 saturated carbocycles. The van der Waals surface area contributed by atoms with Gasteiger partial charge in [0.1, 0.15) is 11.9 Å². The molecular weight excluding hydrogens is 371 g/mol. The number of amides is 3. The molecule has 0 aliphatic carbocycles. The first kappa shape index (κ1) is 20.8. The van der Waals surface area contributed by atoms with Gasteiger partial charge < -0.3 is 10.2 Å². The molecule has 0 aliphatic rings. The second-order valence-corrected chi connectivity index (χ2v) is 7.59. The van der Waals surface area contributed by atoms with E-state index in [2.05, 4.69) is 20.8 Å². The summed E-state index contributed by atoms with van der Waals surface area (Å²) in [7, 11) is 5.43. The fraction of sp³-hybridized carbons (Fsp3) is 0.412. The number of hydrogen-bond donors (Lipinski definition) is 3. The number of urea groups is 1. The van der Waals surface area contributed by atoms with Gasteiger partial charge in [0, 0.05) is 12.7 Å². The Morgan fingerprint density at radius 3 is 2.37 bits per heavy atom. The smallest absolute Gasteiger partial charge is 0.321 e. The highest BCUT2D eigenvalue weighted by atomic mass is 32.2. The molecule has 0 aliphatic heterocycles. The largest absolute Gasteiger partial charge is 0.341 e. The van der Waals surface area contributed by atoms with E-state index in [1.807, 2.05) is 25.6 Å². The quantitative estimate of drug-likeness (QED) is 0.621. The normalized spacial score (nSPS) is 13.3. The van der Waals surface area contributed by atoms with E-state index in [4.69, 9.17) is 0 Å². The summed E-state index contributed by atoms with van der Waals surface area (Å²) in [6.45, 7) is 3.68. The number of rotatable bonds is 6. The standard InChI is InChI=1S/C17H23FN6O2S/c1-10(23(4)5)14-21-22-17(24(14)13-8-6-12(18)7-9-13)27-11(2)15(25)20-16(26)19-3/h6-11H,1-5H3,(H2,19,20,25,26)/p+1/t10-,11-/m1/s1. The van der Waals surface area contributed by atoms with E-state index in [-0.39, 0.29) is 11.9 Å². The molecule has 8 nitrogen and oxygen atoms in total. The van der Waals surface area contributed by atoms with Gasteiger partial charge in [0.2, 0.25) is 5.91 Å². The average molecular weight is 395 g/mol. The number of nitrogens with zero attached hydrogens (tertiary/aromatic N) is 3. The van der Waals surface area contributed by atoms with E-state index < -0.39 is 17.2 Å². The zero-order chi connectivity index (χ0) is 20.1. The van der Waals surface area contributed by atoms with Crippen molar-refractivity contribution in [3.05, 3.63) is 35.9 Å². The van der Waals surface area contributed by atoms with E-state index in [1.165, 1.54) is 30.9 Å². The van der Waals surface area contributed by atoms with Crippen LogP contribution in [0.5, 0.6) is 0 Å². The molecule has 0 saturated heterocycles. The van der Waals surface area contributed by atoms with Gasteiger partial charge in [-0.05, 0) is 38.1 Å². The van der Waals surface area contributed by atoms with Crippen LogP contribution in [0, 0.1) is 5.82 Å². The zero-order valence-corrected chi connectivity index (χ0v) is 16.7. The van der Waals surface area contributed by atoms with Crippen LogP contribution in [-0.4, -0.2) is 53.1 Å². The predicted octanol–water partition coefficient (Wildman–Crippen LogP) is 0.548. The third kappa shape index (κ3) is 5.04. The molecule has 0 unspecified atom stereocenters. The van der Waals surface area contributed by atoms with Gasteiger partial charge in [0.15, 0.2) is 11.0 Å². The van der Waals surface area contributed by atoms with Crippen LogP contribution >= 0.6 is 11.8 Å². The third-order valence-electron chi connectivity index (χ3n) is 4.11. The molecule has 1 aromatic heterocycles. The SMILES string of the molecule is CNC(=O)NC(=O)[C@@H](C)Sc1nnc([C@@H](C)[NH+](C)C)n1-c1ccc(F)cc1. The molecule has 3 N–H and O–H groups in total. The number of carbonyl (C=O) groups is 2. The van der Waals surface area contributed by atoms with Crippen molar-refractivity contribution in [1.29, 1.82) is 0 Å². The topological polar surface area (TPSA) is 93.3 Å². The summed E-state index contributed by atoms with van der Waals surface area (Å²) in [4.78, 5) is 24.6. The average Bonchev–Trinajstić information content (AvgIpc) is 3.04. The fourth-order valence-corrected chi connectivity index (χ4v) is 3.09. The number of carbonyl (C=O) groups excluding carboxylic acids is 2. The molecule has 1 heterocycles. The van der Waals surface area contributed by atoms with Crippen LogP contribution in [0.3, 0.4) is 0 Å². The second kappa shape index (κ2) is 8.96. The van der Waals surface area contributed by atoms with Gasteiger partial charge in [0.05, 0.1) is 19.3 Å². The monoisotopic (exact) mass is 395 g/mol. The first-order valence-corrected chi connectivity index (χ1v) is 9.33. The van der Waals surface area contributed by atoms with Gasteiger partial charge in [-0.25, -0.2) is 9.18 Å². The predicted molar refractivity (Wildman–Crippen MR) is 100 cm³/mol. The molecule has 27 heavy (non-hydrogen) atoms. The van der Waals surface area contributed by atoms with Crippen LogP contribution in [0.1, 0.15) is 25.7 Å². The van der Waals surface area contributed by atoms with E-state index >= 15 is 0 Å². The molecule has 3 amide bonds. The number of hydrogen-bond acceptors (Lipinski definition) is 5. The molecule has 0 radical (unpaired) electrons. The summed E-state index contributed by atoms with van der Waals surface area (Å²) in [5.41, 5.74) is 0.700. The Hall–Kier alpha value is -2.46. The minimum Gasteiger partial charge on any atom is -0.341 e. The molecule has 0 bridgehead atoms. The lowest BCUT2D eigenvalue weighted by molar-refractivity contribution is -0.890. The Bertz CT molecular complexity index is 808. The highest BCUT2D eigenvalue weighted by Crippen LogP contribution is 2.27. The Morgan fingerprint density at radius 1 is 1.19 bits per heavy atom. The summed E-state index contributed by atoms with van der Waals surface area (Å²) in [5, 5.41) is 13.0. The lowest BCUT2D eigenvalue weighted by atomic mass is 10.2. The van der Waals surface area contributed by atoms with Crippen LogP contribution in [0.25, 0.3) is 5.69 Å². The number of nitrogens with one attached hydrogen (secondary N) is 3. The van der Waals surface area contributed by atoms with Crippen LogP contribution < -0.4 is 15.5 Å². The summed E-state index contributed by atoms with van der Waals surface area (Å²) in [6, 6.07) is 5.45. The highest BCUT2D eigenvalue weighted by molar-refractivity contribution is 8.00. The van der Waals surface area contributed by atoms with Crippen molar-refractivity contribution in [2.75, 3.05) is 21.1 Å². The Kier molecular flexibility index (Phi) is 6.92. The van der Waals surface area contributed by atoms with Crippen LogP contribution in [-0.2, 0) is 4.79 Å². The number of thioether (sulfide) groups is 1. The van der Waals surface area contributed by atoms with Crippen molar-refractivity contribution in [3.8, 4) is 5.69 Å². The van der Waals surface area contributed by atoms with Gasteiger partial charge in [-0.1, -0.05) is 11.8 Å². The first-order chi connectivity index (χ1) is 12.7. The number of quaternary nitrogens is 1. The van der Waals surface area contributed by atoms with Crippen molar-refractivity contribution in [1.82, 2.24) is 25.4 Å². The third-order valence-corrected chi connectivity index (χ3v) is 5.15. The number of aromatic nitrogens is 3. The minimum atomic E-state index is -0.583. The highest BCUT2D eigenvalue weighted by Gasteiger charge is 2.26. The van der Waals surface area contributed by atoms with Crippen LogP contribution in [0.15, 0.2) is 29.4 Å². The molecule has 146 valence electrons. The van der Waals surface area contributed by atoms with Crippen molar-refractivity contribution in [2.24, 2.45) is 0 Å². The number of benzene rings is 1. The molecule has 2 atom stereocenters. The molecule has 2 rings (SSSR count). The second-order valence-electron chi connectivity index (χ2n) is 6.28. The van der Waals surface area contributed by atoms with Crippen molar-refractivity contribution >= 4 is 23.7 Å². The molecule has 1 aromatic carbocycles. The molecular formula is C17H24FN6O2S+. The van der Waals surface area contributed by atoms with Gasteiger partial charge in [-0.3, -0.25) is 14.7 Å². The Morgan fingerprint density at radius 2 is 1.81 bits per heavy atom.